The van der Waals surface area contributed by atoms with Gasteiger partial charge in [0.25, 0.3) is 0 Å². The molecule has 0 saturated carbocycles. The Morgan fingerprint density at radius 2 is 1.78 bits per heavy atom. The average molecular weight is 385 g/mol. The molecule has 0 aromatic carbocycles. The Morgan fingerprint density at radius 1 is 1.07 bits per heavy atom. The molecule has 0 aromatic heterocycles. The quantitative estimate of drug-likeness (QED) is 0.234. The topological polar surface area (TPSA) is 163 Å². The molecule has 1 heterocycles. The fraction of sp³-hybridized carbons (Fsp3) is 0.765. The minimum absolute atomic E-state index is 0.251. The van der Waals surface area contributed by atoms with Crippen molar-refractivity contribution in [3.05, 3.63) is 0 Å². The van der Waals surface area contributed by atoms with Crippen LogP contribution >= 0.6 is 0 Å². The molecule has 1 aliphatic heterocycles. The van der Waals surface area contributed by atoms with Crippen LogP contribution in [0.3, 0.4) is 0 Å². The Bertz CT molecular complexity index is 536. The third-order valence-electron chi connectivity index (χ3n) is 4.44. The van der Waals surface area contributed by atoms with Crippen LogP contribution < -0.4 is 27.0 Å². The first kappa shape index (κ1) is 22.8. The van der Waals surface area contributed by atoms with Crippen molar-refractivity contribution >= 4 is 23.7 Å². The van der Waals surface area contributed by atoms with E-state index >= 15 is 0 Å². The van der Waals surface area contributed by atoms with Gasteiger partial charge in [-0.25, -0.2) is 0 Å². The van der Waals surface area contributed by atoms with E-state index in [2.05, 4.69) is 21.3 Å². The van der Waals surface area contributed by atoms with Crippen molar-refractivity contribution < 1.29 is 24.3 Å². The van der Waals surface area contributed by atoms with Crippen molar-refractivity contribution in [2.24, 2.45) is 5.73 Å². The van der Waals surface area contributed by atoms with Crippen LogP contribution in [-0.4, -0.2) is 66.1 Å². The second-order valence-electron chi connectivity index (χ2n) is 6.79. The summed E-state index contributed by atoms with van der Waals surface area (Å²) in [5.74, 6) is -2.50. The van der Waals surface area contributed by atoms with Gasteiger partial charge in [0.1, 0.15) is 18.1 Å². The molecule has 0 bridgehead atoms. The van der Waals surface area contributed by atoms with Crippen molar-refractivity contribution in [1.82, 2.24) is 21.3 Å². The van der Waals surface area contributed by atoms with Gasteiger partial charge in [0, 0.05) is 0 Å². The minimum atomic E-state index is -1.17. The van der Waals surface area contributed by atoms with Gasteiger partial charge in [-0.1, -0.05) is 0 Å². The molecule has 0 spiro atoms. The number of aliphatic carboxylic acids is 1. The molecule has 10 heteroatoms. The molecule has 4 unspecified atom stereocenters. The van der Waals surface area contributed by atoms with Crippen molar-refractivity contribution in [1.29, 1.82) is 0 Å². The van der Waals surface area contributed by atoms with Crippen molar-refractivity contribution in [2.75, 3.05) is 13.1 Å². The first-order chi connectivity index (χ1) is 12.8. The Balaban J connectivity index is 2.62. The van der Waals surface area contributed by atoms with E-state index in [1.807, 2.05) is 0 Å². The number of nitrogens with one attached hydrogen (secondary N) is 4. The molecular weight excluding hydrogens is 354 g/mol. The molecule has 0 radical (unpaired) electrons. The van der Waals surface area contributed by atoms with Crippen molar-refractivity contribution in [3.8, 4) is 0 Å². The van der Waals surface area contributed by atoms with Gasteiger partial charge in [0.2, 0.25) is 17.7 Å². The summed E-state index contributed by atoms with van der Waals surface area (Å²) in [6, 6.07) is -3.09. The highest BCUT2D eigenvalue weighted by Gasteiger charge is 2.28. The number of amides is 3. The summed E-state index contributed by atoms with van der Waals surface area (Å²) in [5, 5.41) is 19.6. The standard InChI is InChI=1S/C17H31N5O5/c1-10(20-15(24)12-7-5-9-19-12)14(23)22-13(6-3-4-8-18)16(25)21-11(2)17(26)27/h10-13,19H,3-9,18H2,1-2H3,(H,20,24)(H,21,25)(H,22,23)(H,26,27). The number of hydrogen-bond donors (Lipinski definition) is 6. The van der Waals surface area contributed by atoms with Crippen LogP contribution in [0.15, 0.2) is 0 Å². The number of carbonyl (C=O) groups excluding carboxylic acids is 3. The van der Waals surface area contributed by atoms with Gasteiger partial charge in [-0.2, -0.15) is 0 Å². The van der Waals surface area contributed by atoms with Crippen LogP contribution in [0.1, 0.15) is 46.0 Å². The van der Waals surface area contributed by atoms with Crippen LogP contribution in [-0.2, 0) is 19.2 Å². The molecule has 0 aliphatic carbocycles. The number of rotatable bonds is 11. The smallest absolute Gasteiger partial charge is 0.325 e. The third kappa shape index (κ3) is 7.92. The van der Waals surface area contributed by atoms with Gasteiger partial charge in [-0.05, 0) is 59.0 Å². The number of nitrogens with two attached hydrogens (primary N) is 1. The summed E-state index contributed by atoms with van der Waals surface area (Å²) in [5.41, 5.74) is 5.46. The highest BCUT2D eigenvalue weighted by Crippen LogP contribution is 2.06. The Morgan fingerprint density at radius 3 is 2.33 bits per heavy atom. The lowest BCUT2D eigenvalue weighted by atomic mass is 10.1. The van der Waals surface area contributed by atoms with Gasteiger partial charge in [0.15, 0.2) is 0 Å². The first-order valence-electron chi connectivity index (χ1n) is 9.33. The van der Waals surface area contributed by atoms with Crippen LogP contribution in [0, 0.1) is 0 Å². The van der Waals surface area contributed by atoms with E-state index in [-0.39, 0.29) is 11.9 Å². The molecule has 4 atom stereocenters. The fourth-order valence-corrected chi connectivity index (χ4v) is 2.72. The van der Waals surface area contributed by atoms with E-state index in [1.165, 1.54) is 13.8 Å². The molecule has 154 valence electrons. The molecule has 27 heavy (non-hydrogen) atoms. The zero-order chi connectivity index (χ0) is 20.4. The molecular formula is C17H31N5O5. The SMILES string of the molecule is CC(NC(=O)C(CCCCN)NC(=O)C(C)NC(=O)C1CCCN1)C(=O)O. The van der Waals surface area contributed by atoms with Gasteiger partial charge < -0.3 is 32.1 Å². The van der Waals surface area contributed by atoms with E-state index < -0.39 is 35.9 Å². The minimum Gasteiger partial charge on any atom is -0.480 e. The predicted octanol–water partition coefficient (Wildman–Crippen LogP) is -1.55. The lowest BCUT2D eigenvalue weighted by molar-refractivity contribution is -0.141. The summed E-state index contributed by atoms with van der Waals surface area (Å²) >= 11 is 0. The Kier molecular flexibility index (Phi) is 9.73. The van der Waals surface area contributed by atoms with E-state index in [0.717, 1.165) is 19.4 Å². The Hall–Kier alpha value is -2.20. The van der Waals surface area contributed by atoms with E-state index in [1.54, 1.807) is 0 Å². The number of hydrogen-bond acceptors (Lipinski definition) is 6. The molecule has 1 saturated heterocycles. The molecule has 0 aromatic rings. The normalized spacial score (nSPS) is 19.6. The molecule has 3 amide bonds. The summed E-state index contributed by atoms with van der Waals surface area (Å²) in [6.45, 7) is 4.10. The van der Waals surface area contributed by atoms with Crippen molar-refractivity contribution in [3.63, 3.8) is 0 Å². The van der Waals surface area contributed by atoms with Crippen LogP contribution in [0.25, 0.3) is 0 Å². The average Bonchev–Trinajstić information content (AvgIpc) is 3.15. The second kappa shape index (κ2) is 11.5. The predicted molar refractivity (Wildman–Crippen MR) is 98.7 cm³/mol. The van der Waals surface area contributed by atoms with Crippen LogP contribution in [0.2, 0.25) is 0 Å². The zero-order valence-corrected chi connectivity index (χ0v) is 15.9. The van der Waals surface area contributed by atoms with Gasteiger partial charge in [0.05, 0.1) is 6.04 Å². The van der Waals surface area contributed by atoms with Crippen LogP contribution in [0.4, 0.5) is 0 Å². The molecule has 1 fully saturated rings. The lowest BCUT2D eigenvalue weighted by Crippen LogP contribution is -2.56. The highest BCUT2D eigenvalue weighted by molar-refractivity contribution is 5.93. The molecule has 1 aliphatic rings. The van der Waals surface area contributed by atoms with E-state index in [0.29, 0.717) is 25.8 Å². The van der Waals surface area contributed by atoms with Gasteiger partial charge in [-0.3, -0.25) is 19.2 Å². The van der Waals surface area contributed by atoms with Crippen molar-refractivity contribution in [2.45, 2.75) is 70.1 Å². The zero-order valence-electron chi connectivity index (χ0n) is 15.9. The maximum Gasteiger partial charge on any atom is 0.325 e. The van der Waals surface area contributed by atoms with Gasteiger partial charge in [-0.15, -0.1) is 0 Å². The summed E-state index contributed by atoms with van der Waals surface area (Å²) < 4.78 is 0. The van der Waals surface area contributed by atoms with E-state index in [4.69, 9.17) is 10.8 Å². The first-order valence-corrected chi connectivity index (χ1v) is 9.33. The number of carbonyl (C=O) groups is 4. The molecule has 10 nitrogen and oxygen atoms in total. The van der Waals surface area contributed by atoms with Gasteiger partial charge >= 0.3 is 5.97 Å². The van der Waals surface area contributed by atoms with E-state index in [9.17, 15) is 19.2 Å². The monoisotopic (exact) mass is 385 g/mol. The number of carboxylic acid groups (broad SMARTS) is 1. The second-order valence-corrected chi connectivity index (χ2v) is 6.79. The third-order valence-corrected chi connectivity index (χ3v) is 4.44. The number of unbranched alkanes of at least 4 members (excludes halogenated alkanes) is 1. The number of carboxylic acids is 1. The fourth-order valence-electron chi connectivity index (χ4n) is 2.72. The largest absolute Gasteiger partial charge is 0.480 e. The maximum atomic E-state index is 12.4. The molecule has 1 rings (SSSR count). The Labute approximate surface area is 159 Å². The highest BCUT2D eigenvalue weighted by atomic mass is 16.4. The molecule has 7 N–H and O–H groups in total. The van der Waals surface area contributed by atoms with Crippen LogP contribution in [0.5, 0.6) is 0 Å². The summed E-state index contributed by atoms with van der Waals surface area (Å²) in [4.78, 5) is 47.7. The lowest BCUT2D eigenvalue weighted by Gasteiger charge is -2.23. The maximum absolute atomic E-state index is 12.4. The summed E-state index contributed by atoms with van der Waals surface area (Å²) in [6.07, 6.45) is 3.23. The summed E-state index contributed by atoms with van der Waals surface area (Å²) in [7, 11) is 0.